The number of nitrogens with two attached hydrogens (primary N) is 1. The molecule has 1 aromatic rings. The Bertz CT molecular complexity index is 415. The monoisotopic (exact) mass is 250 g/mol. The van der Waals surface area contributed by atoms with Crippen LogP contribution < -0.4 is 5.73 Å². The molecule has 2 rings (SSSR count). The van der Waals surface area contributed by atoms with Crippen LogP contribution in [-0.2, 0) is 11.3 Å². The minimum atomic E-state index is 0.109. The van der Waals surface area contributed by atoms with E-state index in [1.165, 1.54) is 12.8 Å². The molecule has 1 saturated carbocycles. The number of hydrogen-bond donors (Lipinski definition) is 1. The normalized spacial score (nSPS) is 23.9. The van der Waals surface area contributed by atoms with Crippen LogP contribution in [0.1, 0.15) is 32.6 Å². The van der Waals surface area contributed by atoms with Crippen LogP contribution in [0.25, 0.3) is 0 Å². The van der Waals surface area contributed by atoms with Crippen LogP contribution in [0.3, 0.4) is 0 Å². The highest BCUT2D eigenvalue weighted by Gasteiger charge is 2.25. The Kier molecular flexibility index (Phi) is 3.89. The minimum Gasteiger partial charge on any atom is -0.382 e. The second-order valence-corrected chi connectivity index (χ2v) is 5.37. The SMILES string of the molecule is CC1CCCC(N(C)C(=O)Cn2ccc(N)n2)C1. The minimum absolute atomic E-state index is 0.109. The highest BCUT2D eigenvalue weighted by atomic mass is 16.2. The Labute approximate surface area is 108 Å². The molecule has 0 saturated heterocycles. The summed E-state index contributed by atoms with van der Waals surface area (Å²) < 4.78 is 1.60. The number of likely N-dealkylation sites (N-methyl/N-ethyl adjacent to an activating group) is 1. The van der Waals surface area contributed by atoms with E-state index in [-0.39, 0.29) is 12.5 Å². The zero-order chi connectivity index (χ0) is 13.1. The first-order chi connectivity index (χ1) is 8.56. The Morgan fingerprint density at radius 1 is 1.61 bits per heavy atom. The molecule has 0 bridgehead atoms. The first-order valence-corrected chi connectivity index (χ1v) is 6.61. The number of nitrogens with zero attached hydrogens (tertiary/aromatic N) is 3. The lowest BCUT2D eigenvalue weighted by Gasteiger charge is -2.34. The second-order valence-electron chi connectivity index (χ2n) is 5.37. The van der Waals surface area contributed by atoms with Crippen molar-refractivity contribution in [3.8, 4) is 0 Å². The molecule has 18 heavy (non-hydrogen) atoms. The number of aromatic nitrogens is 2. The van der Waals surface area contributed by atoms with Gasteiger partial charge in [0.2, 0.25) is 5.91 Å². The van der Waals surface area contributed by atoms with E-state index in [4.69, 9.17) is 5.73 Å². The molecule has 1 amide bonds. The molecule has 100 valence electrons. The van der Waals surface area contributed by atoms with Crippen molar-refractivity contribution in [2.75, 3.05) is 12.8 Å². The van der Waals surface area contributed by atoms with Crippen molar-refractivity contribution in [2.45, 2.75) is 45.2 Å². The summed E-state index contributed by atoms with van der Waals surface area (Å²) >= 11 is 0. The fourth-order valence-electron chi connectivity index (χ4n) is 2.67. The molecule has 2 N–H and O–H groups in total. The van der Waals surface area contributed by atoms with Crippen molar-refractivity contribution in [3.05, 3.63) is 12.3 Å². The van der Waals surface area contributed by atoms with Crippen molar-refractivity contribution in [2.24, 2.45) is 5.92 Å². The maximum atomic E-state index is 12.2. The number of amides is 1. The van der Waals surface area contributed by atoms with Crippen molar-refractivity contribution < 1.29 is 4.79 Å². The third kappa shape index (κ3) is 3.03. The van der Waals surface area contributed by atoms with Crippen LogP contribution in [0, 0.1) is 5.92 Å². The van der Waals surface area contributed by atoms with Crippen LogP contribution in [0.2, 0.25) is 0 Å². The third-order valence-corrected chi connectivity index (χ3v) is 3.81. The van der Waals surface area contributed by atoms with Gasteiger partial charge in [-0.25, -0.2) is 0 Å². The summed E-state index contributed by atoms with van der Waals surface area (Å²) in [6, 6.07) is 2.09. The zero-order valence-electron chi connectivity index (χ0n) is 11.2. The fourth-order valence-corrected chi connectivity index (χ4v) is 2.67. The van der Waals surface area contributed by atoms with E-state index in [0.717, 1.165) is 18.8 Å². The van der Waals surface area contributed by atoms with Crippen LogP contribution in [0.4, 0.5) is 5.82 Å². The average Bonchev–Trinajstić information content (AvgIpc) is 2.73. The van der Waals surface area contributed by atoms with Crippen LogP contribution in [-0.4, -0.2) is 33.7 Å². The predicted octanol–water partition coefficient (Wildman–Crippen LogP) is 1.50. The first kappa shape index (κ1) is 12.9. The van der Waals surface area contributed by atoms with Gasteiger partial charge in [0, 0.05) is 19.3 Å². The first-order valence-electron chi connectivity index (χ1n) is 6.61. The van der Waals surface area contributed by atoms with Gasteiger partial charge in [-0.15, -0.1) is 0 Å². The summed E-state index contributed by atoms with van der Waals surface area (Å²) in [5, 5.41) is 4.04. The number of rotatable bonds is 3. The Morgan fingerprint density at radius 2 is 2.39 bits per heavy atom. The van der Waals surface area contributed by atoms with E-state index < -0.39 is 0 Å². The lowest BCUT2D eigenvalue weighted by molar-refractivity contribution is -0.133. The van der Waals surface area contributed by atoms with Crippen molar-refractivity contribution in [1.82, 2.24) is 14.7 Å². The van der Waals surface area contributed by atoms with E-state index in [1.807, 2.05) is 11.9 Å². The Balaban J connectivity index is 1.91. The van der Waals surface area contributed by atoms with Gasteiger partial charge in [0.25, 0.3) is 0 Å². The van der Waals surface area contributed by atoms with E-state index in [9.17, 15) is 4.79 Å². The van der Waals surface area contributed by atoms with Crippen LogP contribution >= 0.6 is 0 Å². The van der Waals surface area contributed by atoms with Crippen LogP contribution in [0.5, 0.6) is 0 Å². The smallest absolute Gasteiger partial charge is 0.244 e. The summed E-state index contributed by atoms with van der Waals surface area (Å²) in [6.07, 6.45) is 6.48. The van der Waals surface area contributed by atoms with Gasteiger partial charge < -0.3 is 10.6 Å². The average molecular weight is 250 g/mol. The molecule has 1 fully saturated rings. The van der Waals surface area contributed by atoms with Crippen LogP contribution in [0.15, 0.2) is 12.3 Å². The molecule has 1 aliphatic carbocycles. The van der Waals surface area contributed by atoms with Gasteiger partial charge in [-0.3, -0.25) is 9.48 Å². The molecular weight excluding hydrogens is 228 g/mol. The van der Waals surface area contributed by atoms with Crippen molar-refractivity contribution in [1.29, 1.82) is 0 Å². The largest absolute Gasteiger partial charge is 0.382 e. The molecule has 5 nitrogen and oxygen atoms in total. The molecule has 0 aliphatic heterocycles. The molecule has 2 unspecified atom stereocenters. The molecule has 5 heteroatoms. The number of nitrogen functional groups attached to an aromatic ring is 1. The quantitative estimate of drug-likeness (QED) is 0.884. The van der Waals surface area contributed by atoms with Gasteiger partial charge in [-0.05, 0) is 24.8 Å². The fraction of sp³-hybridized carbons (Fsp3) is 0.692. The molecule has 0 aromatic carbocycles. The number of anilines is 1. The highest BCUT2D eigenvalue weighted by Crippen LogP contribution is 2.26. The third-order valence-electron chi connectivity index (χ3n) is 3.81. The number of hydrogen-bond acceptors (Lipinski definition) is 3. The predicted molar refractivity (Wildman–Crippen MR) is 70.8 cm³/mol. The van der Waals surface area contributed by atoms with E-state index in [1.54, 1.807) is 16.9 Å². The van der Waals surface area contributed by atoms with Gasteiger partial charge in [-0.2, -0.15) is 5.10 Å². The van der Waals surface area contributed by atoms with Gasteiger partial charge in [0.15, 0.2) is 0 Å². The van der Waals surface area contributed by atoms with Gasteiger partial charge in [0.05, 0.1) is 0 Å². The van der Waals surface area contributed by atoms with E-state index in [2.05, 4.69) is 12.0 Å². The van der Waals surface area contributed by atoms with Gasteiger partial charge >= 0.3 is 0 Å². The summed E-state index contributed by atoms with van der Waals surface area (Å²) in [5.74, 6) is 1.29. The molecular formula is C13H22N4O. The van der Waals surface area contributed by atoms with Crippen molar-refractivity contribution in [3.63, 3.8) is 0 Å². The molecule has 2 atom stereocenters. The Morgan fingerprint density at radius 3 is 3.00 bits per heavy atom. The van der Waals surface area contributed by atoms with E-state index >= 15 is 0 Å². The summed E-state index contributed by atoms with van der Waals surface area (Å²) in [6.45, 7) is 2.54. The van der Waals surface area contributed by atoms with E-state index in [0.29, 0.717) is 11.9 Å². The molecule has 0 radical (unpaired) electrons. The highest BCUT2D eigenvalue weighted by molar-refractivity contribution is 5.76. The van der Waals surface area contributed by atoms with Gasteiger partial charge in [-0.1, -0.05) is 19.8 Å². The summed E-state index contributed by atoms with van der Waals surface area (Å²) in [7, 11) is 1.90. The molecule has 1 aliphatic rings. The summed E-state index contributed by atoms with van der Waals surface area (Å²) in [5.41, 5.74) is 5.53. The van der Waals surface area contributed by atoms with Gasteiger partial charge in [0.1, 0.15) is 12.4 Å². The second kappa shape index (κ2) is 5.42. The van der Waals surface area contributed by atoms with Crippen molar-refractivity contribution >= 4 is 11.7 Å². The lowest BCUT2D eigenvalue weighted by atomic mass is 9.86. The Hall–Kier alpha value is -1.52. The number of carbonyl (C=O) groups excluding carboxylic acids is 1. The molecule has 1 heterocycles. The zero-order valence-corrected chi connectivity index (χ0v) is 11.2. The maximum Gasteiger partial charge on any atom is 0.244 e. The maximum absolute atomic E-state index is 12.2. The summed E-state index contributed by atoms with van der Waals surface area (Å²) in [4.78, 5) is 14.0. The number of carbonyl (C=O) groups is 1. The topological polar surface area (TPSA) is 64.2 Å². The standard InChI is InChI=1S/C13H22N4O/c1-10-4-3-5-11(8-10)16(2)13(18)9-17-7-6-12(14)15-17/h6-7,10-11H,3-5,8-9H2,1-2H3,(H2,14,15). The molecule has 1 aromatic heterocycles. The lowest BCUT2D eigenvalue weighted by Crippen LogP contribution is -2.41. The molecule has 0 spiro atoms.